The highest BCUT2D eigenvalue weighted by Gasteiger charge is 2.16. The second-order valence-corrected chi connectivity index (χ2v) is 9.01. The summed E-state index contributed by atoms with van der Waals surface area (Å²) in [5, 5.41) is 5.19. The Morgan fingerprint density at radius 1 is 0.865 bits per heavy atom. The number of nitrogens with one attached hydrogen (secondary N) is 4. The zero-order valence-corrected chi connectivity index (χ0v) is 22.5. The first kappa shape index (κ1) is 27.8. The molecular formula is C26H25BrN4O5S. The summed E-state index contributed by atoms with van der Waals surface area (Å²) in [6, 6.07) is 18.6. The van der Waals surface area contributed by atoms with Crippen LogP contribution in [0.2, 0.25) is 0 Å². The van der Waals surface area contributed by atoms with E-state index < -0.39 is 11.8 Å². The molecule has 0 bridgehead atoms. The lowest BCUT2D eigenvalue weighted by Crippen LogP contribution is -2.48. The molecule has 0 fully saturated rings. The molecule has 0 atom stereocenters. The summed E-state index contributed by atoms with van der Waals surface area (Å²) in [5.41, 5.74) is 7.47. The summed E-state index contributed by atoms with van der Waals surface area (Å²) >= 11 is 8.46. The van der Waals surface area contributed by atoms with Gasteiger partial charge in [0.25, 0.3) is 17.7 Å². The largest absolute Gasteiger partial charge is 0.490 e. The molecule has 192 valence electrons. The highest BCUT2D eigenvalue weighted by molar-refractivity contribution is 9.10. The molecule has 0 aliphatic carbocycles. The van der Waals surface area contributed by atoms with E-state index in [9.17, 15) is 14.4 Å². The van der Waals surface area contributed by atoms with Crippen molar-refractivity contribution in [3.05, 3.63) is 93.5 Å². The fourth-order valence-electron chi connectivity index (χ4n) is 3.16. The van der Waals surface area contributed by atoms with Crippen molar-refractivity contribution in [2.24, 2.45) is 0 Å². The number of methoxy groups -OCH3 is 1. The van der Waals surface area contributed by atoms with E-state index >= 15 is 0 Å². The van der Waals surface area contributed by atoms with Crippen molar-refractivity contribution < 1.29 is 23.9 Å². The van der Waals surface area contributed by atoms with E-state index in [2.05, 4.69) is 37.4 Å². The second kappa shape index (κ2) is 13.5. The number of carbonyl (C=O) groups is 3. The lowest BCUT2D eigenvalue weighted by Gasteiger charge is -2.14. The summed E-state index contributed by atoms with van der Waals surface area (Å²) in [6.07, 6.45) is 0. The number of benzene rings is 3. The molecule has 37 heavy (non-hydrogen) atoms. The van der Waals surface area contributed by atoms with Gasteiger partial charge in [-0.15, -0.1) is 0 Å². The minimum absolute atomic E-state index is 0.108. The number of aryl methyl sites for hydroxylation is 1. The van der Waals surface area contributed by atoms with Crippen molar-refractivity contribution >= 4 is 56.7 Å². The first-order valence-corrected chi connectivity index (χ1v) is 12.3. The van der Waals surface area contributed by atoms with Crippen molar-refractivity contribution in [1.82, 2.24) is 16.2 Å². The summed E-state index contributed by atoms with van der Waals surface area (Å²) in [4.78, 5) is 37.6. The third-order valence-electron chi connectivity index (χ3n) is 5.04. The van der Waals surface area contributed by atoms with Crippen molar-refractivity contribution in [2.75, 3.05) is 25.6 Å². The number of halogens is 1. The van der Waals surface area contributed by atoms with Crippen molar-refractivity contribution in [2.45, 2.75) is 6.92 Å². The minimum atomic E-state index is -0.519. The number of amides is 3. The molecule has 0 radical (unpaired) electrons. The molecule has 3 rings (SSSR count). The number of hydrogen-bond acceptors (Lipinski definition) is 6. The number of thiocarbonyl (C=S) groups is 1. The van der Waals surface area contributed by atoms with Gasteiger partial charge in [0, 0.05) is 28.4 Å². The molecule has 3 amide bonds. The predicted octanol–water partition coefficient (Wildman–Crippen LogP) is 3.98. The van der Waals surface area contributed by atoms with Gasteiger partial charge in [-0.05, 0) is 73.2 Å². The first-order valence-electron chi connectivity index (χ1n) is 11.1. The molecule has 11 heteroatoms. The number of hydrogen-bond donors (Lipinski definition) is 4. The maximum Gasteiger partial charge on any atom is 0.269 e. The van der Waals surface area contributed by atoms with Gasteiger partial charge in [-0.1, -0.05) is 34.1 Å². The number of rotatable bonds is 8. The smallest absolute Gasteiger partial charge is 0.269 e. The van der Waals surface area contributed by atoms with Gasteiger partial charge in [-0.25, -0.2) is 0 Å². The van der Waals surface area contributed by atoms with E-state index in [1.807, 2.05) is 19.1 Å². The van der Waals surface area contributed by atoms with Crippen molar-refractivity contribution in [1.29, 1.82) is 0 Å². The molecule has 0 heterocycles. The van der Waals surface area contributed by atoms with Gasteiger partial charge < -0.3 is 14.8 Å². The standard InChI is InChI=1S/C26H25BrN4O5S/c1-16-5-3-4-6-20(16)24(33)28-19-10-7-17(8-11-19)23(32)30-31-26(37)29-25(34)21-15-18(27)9-12-22(21)36-14-13-35-2/h3-12,15H,13-14H2,1-2H3,(H,28,33)(H,30,32)(H2,29,31,34,37). The summed E-state index contributed by atoms with van der Waals surface area (Å²) in [5.74, 6) is -0.886. The molecule has 4 N–H and O–H groups in total. The molecule has 3 aromatic rings. The zero-order chi connectivity index (χ0) is 26.8. The maximum absolute atomic E-state index is 12.7. The first-order chi connectivity index (χ1) is 17.8. The van der Waals surface area contributed by atoms with Crippen molar-refractivity contribution in [3.8, 4) is 5.75 Å². The van der Waals surface area contributed by atoms with Crippen LogP contribution in [-0.4, -0.2) is 43.2 Å². The average Bonchev–Trinajstić information content (AvgIpc) is 2.88. The number of hydrazine groups is 1. The Morgan fingerprint density at radius 2 is 1.59 bits per heavy atom. The fourth-order valence-corrected chi connectivity index (χ4v) is 3.66. The highest BCUT2D eigenvalue weighted by Crippen LogP contribution is 2.23. The molecule has 0 aliphatic heterocycles. The van der Waals surface area contributed by atoms with Gasteiger partial charge in [0.2, 0.25) is 0 Å². The lowest BCUT2D eigenvalue weighted by molar-refractivity contribution is 0.0933. The Bertz CT molecular complexity index is 1300. The normalized spacial score (nSPS) is 10.2. The van der Waals surface area contributed by atoms with Gasteiger partial charge in [-0.3, -0.25) is 30.6 Å². The molecule has 3 aromatic carbocycles. The van der Waals surface area contributed by atoms with Crippen LogP contribution < -0.4 is 26.2 Å². The molecule has 9 nitrogen and oxygen atoms in total. The van der Waals surface area contributed by atoms with Crippen LogP contribution in [0.5, 0.6) is 5.75 Å². The SMILES string of the molecule is COCCOc1ccc(Br)cc1C(=O)NC(=S)NNC(=O)c1ccc(NC(=O)c2ccccc2C)cc1. The monoisotopic (exact) mass is 584 g/mol. The van der Waals surface area contributed by atoms with Crippen LogP contribution in [0.1, 0.15) is 36.6 Å². The van der Waals surface area contributed by atoms with Crippen LogP contribution in [-0.2, 0) is 4.74 Å². The van der Waals surface area contributed by atoms with Gasteiger partial charge in [0.1, 0.15) is 12.4 Å². The summed E-state index contributed by atoms with van der Waals surface area (Å²) in [6.45, 7) is 2.49. The summed E-state index contributed by atoms with van der Waals surface area (Å²) < 4.78 is 11.2. The average molecular weight is 585 g/mol. The predicted molar refractivity (Wildman–Crippen MR) is 148 cm³/mol. The molecule has 0 aromatic heterocycles. The molecule has 0 saturated carbocycles. The van der Waals surface area contributed by atoms with Crippen LogP contribution in [0.4, 0.5) is 5.69 Å². The second-order valence-electron chi connectivity index (χ2n) is 7.69. The van der Waals surface area contributed by atoms with E-state index in [0.717, 1.165) is 5.56 Å². The number of ether oxygens (including phenoxy) is 2. The Kier molecular flexibility index (Phi) is 10.1. The zero-order valence-electron chi connectivity index (χ0n) is 20.1. The Hall–Kier alpha value is -3.80. The summed E-state index contributed by atoms with van der Waals surface area (Å²) in [7, 11) is 1.55. The quantitative estimate of drug-likeness (QED) is 0.180. The molecule has 0 spiro atoms. The van der Waals surface area contributed by atoms with Crippen LogP contribution in [0.15, 0.2) is 71.2 Å². The Labute approximate surface area is 228 Å². The van der Waals surface area contributed by atoms with Gasteiger partial charge in [0.15, 0.2) is 5.11 Å². The van der Waals surface area contributed by atoms with E-state index in [1.54, 1.807) is 61.7 Å². The number of anilines is 1. The maximum atomic E-state index is 12.7. The van der Waals surface area contributed by atoms with Gasteiger partial charge in [0.05, 0.1) is 12.2 Å². The molecule has 0 unspecified atom stereocenters. The Balaban J connectivity index is 1.53. The van der Waals surface area contributed by atoms with E-state index in [0.29, 0.717) is 33.6 Å². The van der Waals surface area contributed by atoms with Crippen LogP contribution in [0.25, 0.3) is 0 Å². The van der Waals surface area contributed by atoms with Crippen molar-refractivity contribution in [3.63, 3.8) is 0 Å². The van der Waals surface area contributed by atoms with Gasteiger partial charge >= 0.3 is 0 Å². The molecule has 0 aliphatic rings. The molecule has 0 saturated heterocycles. The molecular weight excluding hydrogens is 560 g/mol. The van der Waals surface area contributed by atoms with Crippen LogP contribution >= 0.6 is 28.1 Å². The van der Waals surface area contributed by atoms with Crippen LogP contribution in [0.3, 0.4) is 0 Å². The Morgan fingerprint density at radius 3 is 2.30 bits per heavy atom. The topological polar surface area (TPSA) is 118 Å². The van der Waals surface area contributed by atoms with E-state index in [-0.39, 0.29) is 23.2 Å². The fraction of sp³-hybridized carbons (Fsp3) is 0.154. The lowest BCUT2D eigenvalue weighted by atomic mass is 10.1. The van der Waals surface area contributed by atoms with Crippen LogP contribution in [0, 0.1) is 6.92 Å². The minimum Gasteiger partial charge on any atom is -0.490 e. The van der Waals surface area contributed by atoms with Gasteiger partial charge in [-0.2, -0.15) is 0 Å². The van der Waals surface area contributed by atoms with E-state index in [4.69, 9.17) is 21.7 Å². The third-order valence-corrected chi connectivity index (χ3v) is 5.74. The number of carbonyl (C=O) groups excluding carboxylic acids is 3. The van der Waals surface area contributed by atoms with E-state index in [1.165, 1.54) is 0 Å². The highest BCUT2D eigenvalue weighted by atomic mass is 79.9. The third kappa shape index (κ3) is 8.10.